The highest BCUT2D eigenvalue weighted by molar-refractivity contribution is 5.33. The normalized spacial score (nSPS) is 28.9. The molecular weight excluding hydrogens is 326 g/mol. The van der Waals surface area contributed by atoms with Gasteiger partial charge in [-0.3, -0.25) is 0 Å². The maximum atomic E-state index is 8.94. The van der Waals surface area contributed by atoms with Crippen molar-refractivity contribution in [1.29, 1.82) is 5.26 Å². The molecule has 2 fully saturated rings. The van der Waals surface area contributed by atoms with Crippen molar-refractivity contribution in [3.63, 3.8) is 0 Å². The van der Waals surface area contributed by atoms with E-state index in [2.05, 4.69) is 37.3 Å². The second-order valence-corrected chi connectivity index (χ2v) is 9.03. The van der Waals surface area contributed by atoms with Gasteiger partial charge in [0, 0.05) is 0 Å². The average molecular weight is 364 g/mol. The lowest BCUT2D eigenvalue weighted by Gasteiger charge is -2.28. The molecule has 1 heteroatoms. The summed E-state index contributed by atoms with van der Waals surface area (Å²) >= 11 is 0. The molecule has 146 valence electrons. The van der Waals surface area contributed by atoms with Gasteiger partial charge in [-0.05, 0) is 79.9 Å². The summed E-state index contributed by atoms with van der Waals surface area (Å²) in [7, 11) is 0. The lowest BCUT2D eigenvalue weighted by atomic mass is 9.77. The number of benzene rings is 1. The fraction of sp³-hybridized carbons (Fsp3) is 0.654. The van der Waals surface area contributed by atoms with Crippen LogP contribution in [0.3, 0.4) is 0 Å². The predicted molar refractivity (Wildman–Crippen MR) is 115 cm³/mol. The molecule has 1 aromatic carbocycles. The SMILES string of the molecule is CCCC1CCC(CC/C=C/C2CCC(c3ccc(C#N)cc3)CC2)CC1. The summed E-state index contributed by atoms with van der Waals surface area (Å²) in [5, 5.41) is 8.94. The average Bonchev–Trinajstić information content (AvgIpc) is 2.73. The Morgan fingerprint density at radius 2 is 1.52 bits per heavy atom. The molecule has 0 saturated heterocycles. The summed E-state index contributed by atoms with van der Waals surface area (Å²) in [5.41, 5.74) is 2.20. The third kappa shape index (κ3) is 6.24. The molecule has 0 atom stereocenters. The third-order valence-electron chi connectivity index (χ3n) is 7.10. The van der Waals surface area contributed by atoms with Crippen molar-refractivity contribution in [3.05, 3.63) is 47.5 Å². The minimum absolute atomic E-state index is 0.695. The standard InChI is InChI=1S/C26H37N/c1-2-5-21-8-10-22(11-9-21)6-3-4-7-23-12-16-25(17-13-23)26-18-14-24(20-27)15-19-26/h4,7,14-15,18-19,21-23,25H,2-3,5-6,8-13,16-17H2,1H3/b7-4+. The summed E-state index contributed by atoms with van der Waals surface area (Å²) in [6.07, 6.45) is 21.7. The summed E-state index contributed by atoms with van der Waals surface area (Å²) in [6, 6.07) is 10.5. The van der Waals surface area contributed by atoms with Gasteiger partial charge in [0.1, 0.15) is 0 Å². The maximum Gasteiger partial charge on any atom is 0.0991 e. The zero-order valence-electron chi connectivity index (χ0n) is 17.2. The second-order valence-electron chi connectivity index (χ2n) is 9.03. The van der Waals surface area contributed by atoms with Gasteiger partial charge in [-0.2, -0.15) is 5.26 Å². The first-order valence-corrected chi connectivity index (χ1v) is 11.4. The van der Waals surface area contributed by atoms with Gasteiger partial charge in [0.25, 0.3) is 0 Å². The van der Waals surface area contributed by atoms with E-state index >= 15 is 0 Å². The molecule has 0 amide bonds. The molecule has 0 aliphatic heterocycles. The van der Waals surface area contributed by atoms with E-state index < -0.39 is 0 Å². The Bertz CT molecular complexity index is 605. The fourth-order valence-electron chi connectivity index (χ4n) is 5.31. The molecule has 0 N–H and O–H groups in total. The lowest BCUT2D eigenvalue weighted by Crippen LogP contribution is -2.14. The monoisotopic (exact) mass is 363 g/mol. The van der Waals surface area contributed by atoms with Crippen LogP contribution in [-0.2, 0) is 0 Å². The first kappa shape index (κ1) is 20.2. The van der Waals surface area contributed by atoms with Gasteiger partial charge in [0.05, 0.1) is 11.6 Å². The zero-order chi connectivity index (χ0) is 18.9. The van der Waals surface area contributed by atoms with Crippen LogP contribution in [0.1, 0.15) is 101 Å². The Labute approximate surface area is 166 Å². The molecule has 3 rings (SSSR count). The maximum absolute atomic E-state index is 8.94. The Hall–Kier alpha value is -1.55. The van der Waals surface area contributed by atoms with E-state index in [0.29, 0.717) is 5.92 Å². The Morgan fingerprint density at radius 1 is 0.889 bits per heavy atom. The number of allylic oxidation sites excluding steroid dienone is 2. The van der Waals surface area contributed by atoms with Gasteiger partial charge in [0.15, 0.2) is 0 Å². The van der Waals surface area contributed by atoms with Crippen LogP contribution in [0.25, 0.3) is 0 Å². The van der Waals surface area contributed by atoms with Crippen molar-refractivity contribution in [3.8, 4) is 6.07 Å². The quantitative estimate of drug-likeness (QED) is 0.454. The summed E-state index contributed by atoms with van der Waals surface area (Å²) < 4.78 is 0. The van der Waals surface area contributed by atoms with Gasteiger partial charge in [-0.1, -0.05) is 69.7 Å². The van der Waals surface area contributed by atoms with Crippen molar-refractivity contribution in [2.45, 2.75) is 89.9 Å². The molecule has 0 radical (unpaired) electrons. The van der Waals surface area contributed by atoms with E-state index in [1.54, 1.807) is 0 Å². The molecule has 2 aliphatic rings. The van der Waals surface area contributed by atoms with Crippen LogP contribution in [0.2, 0.25) is 0 Å². The topological polar surface area (TPSA) is 23.8 Å². The first-order chi connectivity index (χ1) is 13.3. The van der Waals surface area contributed by atoms with Crippen LogP contribution in [0.5, 0.6) is 0 Å². The third-order valence-corrected chi connectivity index (χ3v) is 7.10. The number of hydrogen-bond donors (Lipinski definition) is 0. The highest BCUT2D eigenvalue weighted by Crippen LogP contribution is 2.37. The Morgan fingerprint density at radius 3 is 2.11 bits per heavy atom. The second kappa shape index (κ2) is 10.7. The molecule has 2 saturated carbocycles. The van der Waals surface area contributed by atoms with E-state index in [1.165, 1.54) is 82.6 Å². The van der Waals surface area contributed by atoms with Gasteiger partial charge < -0.3 is 0 Å². The first-order valence-electron chi connectivity index (χ1n) is 11.4. The molecular formula is C26H37N. The number of nitrogens with zero attached hydrogens (tertiary/aromatic N) is 1. The van der Waals surface area contributed by atoms with Crippen LogP contribution in [0.4, 0.5) is 0 Å². The molecule has 0 aromatic heterocycles. The van der Waals surface area contributed by atoms with Crippen LogP contribution in [0, 0.1) is 29.1 Å². The summed E-state index contributed by atoms with van der Waals surface area (Å²) in [4.78, 5) is 0. The van der Waals surface area contributed by atoms with Crippen LogP contribution >= 0.6 is 0 Å². The van der Waals surface area contributed by atoms with E-state index in [1.807, 2.05) is 12.1 Å². The largest absolute Gasteiger partial charge is 0.192 e. The number of rotatable bonds is 7. The molecule has 0 spiro atoms. The van der Waals surface area contributed by atoms with Crippen LogP contribution in [-0.4, -0.2) is 0 Å². The lowest BCUT2D eigenvalue weighted by molar-refractivity contribution is 0.253. The van der Waals surface area contributed by atoms with Crippen molar-refractivity contribution < 1.29 is 0 Å². The van der Waals surface area contributed by atoms with Gasteiger partial charge in [-0.15, -0.1) is 0 Å². The summed E-state index contributed by atoms with van der Waals surface area (Å²) in [5.74, 6) is 3.52. The number of hydrogen-bond acceptors (Lipinski definition) is 1. The predicted octanol–water partition coefficient (Wildman–Crippen LogP) is 7.77. The molecule has 27 heavy (non-hydrogen) atoms. The van der Waals surface area contributed by atoms with Gasteiger partial charge >= 0.3 is 0 Å². The van der Waals surface area contributed by atoms with Crippen molar-refractivity contribution in [2.75, 3.05) is 0 Å². The van der Waals surface area contributed by atoms with Crippen molar-refractivity contribution in [1.82, 2.24) is 0 Å². The fourth-order valence-corrected chi connectivity index (χ4v) is 5.31. The minimum atomic E-state index is 0.695. The van der Waals surface area contributed by atoms with Crippen LogP contribution in [0.15, 0.2) is 36.4 Å². The highest BCUT2D eigenvalue weighted by Gasteiger charge is 2.21. The smallest absolute Gasteiger partial charge is 0.0991 e. The Balaban J connectivity index is 1.33. The number of nitriles is 1. The Kier molecular flexibility index (Phi) is 8.00. The highest BCUT2D eigenvalue weighted by atomic mass is 14.3. The molecule has 0 heterocycles. The minimum Gasteiger partial charge on any atom is -0.192 e. The summed E-state index contributed by atoms with van der Waals surface area (Å²) in [6.45, 7) is 2.33. The molecule has 2 aliphatic carbocycles. The van der Waals surface area contributed by atoms with E-state index in [-0.39, 0.29) is 0 Å². The zero-order valence-corrected chi connectivity index (χ0v) is 17.2. The van der Waals surface area contributed by atoms with Crippen LogP contribution < -0.4 is 0 Å². The molecule has 0 bridgehead atoms. The molecule has 1 aromatic rings. The molecule has 0 unspecified atom stereocenters. The molecule has 1 nitrogen and oxygen atoms in total. The van der Waals surface area contributed by atoms with E-state index in [9.17, 15) is 0 Å². The van der Waals surface area contributed by atoms with E-state index in [4.69, 9.17) is 5.26 Å². The van der Waals surface area contributed by atoms with Gasteiger partial charge in [-0.25, -0.2) is 0 Å². The van der Waals surface area contributed by atoms with Crippen molar-refractivity contribution in [2.24, 2.45) is 17.8 Å². The van der Waals surface area contributed by atoms with Crippen molar-refractivity contribution >= 4 is 0 Å². The van der Waals surface area contributed by atoms with Gasteiger partial charge in [0.2, 0.25) is 0 Å². The van der Waals surface area contributed by atoms with E-state index in [0.717, 1.165) is 23.3 Å².